The van der Waals surface area contributed by atoms with Gasteiger partial charge < -0.3 is 0 Å². The van der Waals surface area contributed by atoms with Gasteiger partial charge in [-0.2, -0.15) is 0 Å². The van der Waals surface area contributed by atoms with E-state index >= 15 is 0 Å². The van der Waals surface area contributed by atoms with Crippen molar-refractivity contribution < 1.29 is 32.6 Å². The van der Waals surface area contributed by atoms with Crippen LogP contribution in [0.15, 0.2) is 0 Å². The number of aliphatic hydroxyl groups excluding tert-OH is 2. The number of hydrogen-bond donors (Lipinski definition) is 2. The first kappa shape index (κ1) is 16.9. The van der Waals surface area contributed by atoms with E-state index < -0.39 is 31.4 Å². The van der Waals surface area contributed by atoms with E-state index in [-0.39, 0.29) is 26.4 Å². The van der Waals surface area contributed by atoms with Gasteiger partial charge in [-0.3, -0.25) is 0 Å². The molecule has 18 heavy (non-hydrogen) atoms. The summed E-state index contributed by atoms with van der Waals surface area (Å²) < 4.78 is 31.6. The van der Waals surface area contributed by atoms with Crippen LogP contribution < -0.4 is 0 Å². The molecule has 0 aromatic carbocycles. The van der Waals surface area contributed by atoms with Gasteiger partial charge in [0.25, 0.3) is 0 Å². The summed E-state index contributed by atoms with van der Waals surface area (Å²) in [7, 11) is 0. The summed E-state index contributed by atoms with van der Waals surface area (Å²) in [6, 6.07) is 0. The van der Waals surface area contributed by atoms with Gasteiger partial charge in [-0.25, -0.2) is 0 Å². The molecule has 1 aliphatic heterocycles. The Hall–Kier alpha value is 0.797. The fourth-order valence-electron chi connectivity index (χ4n) is 0.902. The van der Waals surface area contributed by atoms with Gasteiger partial charge in [0.2, 0.25) is 0 Å². The van der Waals surface area contributed by atoms with Crippen LogP contribution in [0.2, 0.25) is 0 Å². The van der Waals surface area contributed by atoms with Gasteiger partial charge in [0.05, 0.1) is 0 Å². The van der Waals surface area contributed by atoms with Gasteiger partial charge in [0.15, 0.2) is 0 Å². The maximum atomic E-state index is 8.64. The topological polar surface area (TPSA) is 95.8 Å². The summed E-state index contributed by atoms with van der Waals surface area (Å²) in [5.41, 5.74) is 0. The molecule has 0 bridgehead atoms. The first-order valence-electron chi connectivity index (χ1n) is 5.46. The van der Waals surface area contributed by atoms with E-state index in [2.05, 4.69) is 0 Å². The Kier molecular flexibility index (Phi) is 10.9. The SMILES string of the molecule is OCCO[As](OCCO)OCCO[As]1OCCO1. The first-order valence-corrected chi connectivity index (χ1v) is 10.1. The van der Waals surface area contributed by atoms with Gasteiger partial charge >= 0.3 is 117 Å². The normalized spacial score (nSPS) is 16.8. The quantitative estimate of drug-likeness (QED) is 0.310. The van der Waals surface area contributed by atoms with Gasteiger partial charge in [0.1, 0.15) is 0 Å². The van der Waals surface area contributed by atoms with E-state index in [1.54, 1.807) is 0 Å². The monoisotopic (exact) mass is 392 g/mol. The summed E-state index contributed by atoms with van der Waals surface area (Å²) in [6.45, 7) is 2.00. The Bertz CT molecular complexity index is 184. The molecule has 0 spiro atoms. The van der Waals surface area contributed by atoms with E-state index in [1.165, 1.54) is 0 Å². The van der Waals surface area contributed by atoms with E-state index in [9.17, 15) is 0 Å². The molecule has 0 unspecified atom stereocenters. The molecule has 0 atom stereocenters. The third-order valence-corrected chi connectivity index (χ3v) is 6.48. The second-order valence-corrected chi connectivity index (χ2v) is 8.02. The van der Waals surface area contributed by atoms with E-state index in [4.69, 9.17) is 32.6 Å². The fourth-order valence-corrected chi connectivity index (χ4v) is 4.68. The van der Waals surface area contributed by atoms with Crippen molar-refractivity contribution in [1.29, 1.82) is 0 Å². The Labute approximate surface area is 117 Å². The van der Waals surface area contributed by atoms with Crippen LogP contribution in [0.25, 0.3) is 0 Å². The molecule has 1 aliphatic rings. The van der Waals surface area contributed by atoms with Crippen molar-refractivity contribution in [1.82, 2.24) is 0 Å². The van der Waals surface area contributed by atoms with E-state index in [0.29, 0.717) is 26.4 Å². The van der Waals surface area contributed by atoms with Crippen molar-refractivity contribution in [3.8, 4) is 0 Å². The number of aliphatic hydroxyl groups is 2. The standard InChI is InChI=1S/C8H18As2O8/c11-1-3-13-9(14-4-2-12)15-5-6-16-10-17-7-8-18-10/h11-12H,1-8H2. The molecule has 2 N–H and O–H groups in total. The molecule has 8 nitrogen and oxygen atoms in total. The summed E-state index contributed by atoms with van der Waals surface area (Å²) in [6.07, 6.45) is 0. The molecule has 1 rings (SSSR count). The van der Waals surface area contributed by atoms with Gasteiger partial charge in [-0.15, -0.1) is 0 Å². The molecule has 0 aromatic heterocycles. The van der Waals surface area contributed by atoms with Crippen molar-refractivity contribution in [2.24, 2.45) is 0 Å². The molecular weight excluding hydrogens is 374 g/mol. The zero-order valence-electron chi connectivity index (χ0n) is 9.90. The van der Waals surface area contributed by atoms with Crippen molar-refractivity contribution in [2.75, 3.05) is 52.9 Å². The van der Waals surface area contributed by atoms with Crippen molar-refractivity contribution in [2.45, 2.75) is 0 Å². The van der Waals surface area contributed by atoms with Crippen LogP contribution in [0.4, 0.5) is 0 Å². The van der Waals surface area contributed by atoms with Crippen LogP contribution in [0.1, 0.15) is 0 Å². The molecule has 0 aliphatic carbocycles. The van der Waals surface area contributed by atoms with Gasteiger partial charge in [0, 0.05) is 0 Å². The number of rotatable bonds is 11. The van der Waals surface area contributed by atoms with Gasteiger partial charge in [-0.1, -0.05) is 0 Å². The molecule has 0 amide bonds. The average Bonchev–Trinajstić information content (AvgIpc) is 2.90. The van der Waals surface area contributed by atoms with Crippen molar-refractivity contribution in [3.63, 3.8) is 0 Å². The third-order valence-electron chi connectivity index (χ3n) is 1.53. The first-order chi connectivity index (χ1) is 8.86. The minimum atomic E-state index is -2.37. The second kappa shape index (κ2) is 11.6. The molecule has 0 saturated carbocycles. The van der Waals surface area contributed by atoms with Crippen LogP contribution in [0, 0.1) is 0 Å². The van der Waals surface area contributed by atoms with Gasteiger partial charge in [-0.05, 0) is 0 Å². The predicted molar refractivity (Wildman–Crippen MR) is 61.4 cm³/mol. The molecule has 10 heteroatoms. The zero-order chi connectivity index (χ0) is 13.1. The Morgan fingerprint density at radius 3 is 2.00 bits per heavy atom. The van der Waals surface area contributed by atoms with Crippen molar-refractivity contribution >= 4 is 31.4 Å². The van der Waals surface area contributed by atoms with Crippen LogP contribution >= 0.6 is 0 Å². The summed E-state index contributed by atoms with van der Waals surface area (Å²) in [5.74, 6) is 0. The number of hydrogen-bond acceptors (Lipinski definition) is 8. The molecule has 1 heterocycles. The summed E-state index contributed by atoms with van der Waals surface area (Å²) >= 11 is -4.35. The average molecular weight is 392 g/mol. The molecule has 1 fully saturated rings. The summed E-state index contributed by atoms with van der Waals surface area (Å²) in [4.78, 5) is 0. The molecule has 108 valence electrons. The third kappa shape index (κ3) is 8.07. The molecule has 0 aromatic rings. The molecule has 0 radical (unpaired) electrons. The Balaban J connectivity index is 2.03. The maximum absolute atomic E-state index is 8.64. The minimum absolute atomic E-state index is 0.0927. The fraction of sp³-hybridized carbons (Fsp3) is 1.00. The Morgan fingerprint density at radius 1 is 0.889 bits per heavy atom. The molecular formula is C8H18As2O8. The summed E-state index contributed by atoms with van der Waals surface area (Å²) in [5, 5.41) is 17.3. The predicted octanol–water partition coefficient (Wildman–Crippen LogP) is -1.95. The second-order valence-electron chi connectivity index (χ2n) is 2.89. The van der Waals surface area contributed by atoms with Crippen LogP contribution in [0.5, 0.6) is 0 Å². The van der Waals surface area contributed by atoms with E-state index in [1.807, 2.05) is 0 Å². The van der Waals surface area contributed by atoms with E-state index in [0.717, 1.165) is 0 Å². The van der Waals surface area contributed by atoms with Crippen molar-refractivity contribution in [3.05, 3.63) is 0 Å². The van der Waals surface area contributed by atoms with Crippen LogP contribution in [-0.2, 0) is 22.4 Å². The van der Waals surface area contributed by atoms with Crippen LogP contribution in [0.3, 0.4) is 0 Å². The van der Waals surface area contributed by atoms with Crippen LogP contribution in [-0.4, -0.2) is 94.4 Å². The molecule has 1 saturated heterocycles. The zero-order valence-corrected chi connectivity index (χ0v) is 13.6. The Morgan fingerprint density at radius 2 is 1.44 bits per heavy atom.